The predicted molar refractivity (Wildman–Crippen MR) is 101 cm³/mol. The number of nitrogens with zero attached hydrogens (tertiary/aromatic N) is 2. The molecule has 0 aliphatic rings. The first kappa shape index (κ1) is 16.7. The lowest BCUT2D eigenvalue weighted by Crippen LogP contribution is -2.14. The third-order valence-electron chi connectivity index (χ3n) is 3.54. The number of anilines is 1. The highest BCUT2D eigenvalue weighted by Crippen LogP contribution is 2.27. The van der Waals surface area contributed by atoms with Crippen molar-refractivity contribution in [3.63, 3.8) is 0 Å². The Kier molecular flexibility index (Phi) is 5.27. The standard InChI is InChI=1S/C18H17N3OS2/c1-12-7-3-5-9-14(12)17-20-18(24-21-17)23-11-16(22)19-15-10-6-4-8-13(15)2/h3-10H,11H2,1-2H3,(H,19,22). The van der Waals surface area contributed by atoms with Gasteiger partial charge in [0.15, 0.2) is 10.2 Å². The quantitative estimate of drug-likeness (QED) is 0.682. The van der Waals surface area contributed by atoms with Crippen LogP contribution in [-0.4, -0.2) is 21.0 Å². The average molecular weight is 355 g/mol. The number of benzene rings is 2. The summed E-state index contributed by atoms with van der Waals surface area (Å²) in [6.45, 7) is 4.01. The Morgan fingerprint density at radius 2 is 1.79 bits per heavy atom. The Labute approximate surface area is 149 Å². The van der Waals surface area contributed by atoms with E-state index in [0.717, 1.165) is 32.5 Å². The highest BCUT2D eigenvalue weighted by Gasteiger charge is 2.11. The van der Waals surface area contributed by atoms with Gasteiger partial charge < -0.3 is 5.32 Å². The van der Waals surface area contributed by atoms with Crippen molar-refractivity contribution in [2.45, 2.75) is 18.2 Å². The van der Waals surface area contributed by atoms with Crippen LogP contribution in [0, 0.1) is 13.8 Å². The lowest BCUT2D eigenvalue weighted by atomic mass is 10.1. The normalized spacial score (nSPS) is 10.6. The summed E-state index contributed by atoms with van der Waals surface area (Å²) < 4.78 is 5.20. The number of carbonyl (C=O) groups excluding carboxylic acids is 1. The van der Waals surface area contributed by atoms with Gasteiger partial charge in [-0.1, -0.05) is 54.2 Å². The minimum atomic E-state index is -0.0399. The smallest absolute Gasteiger partial charge is 0.234 e. The van der Waals surface area contributed by atoms with E-state index in [-0.39, 0.29) is 5.91 Å². The molecule has 0 radical (unpaired) electrons. The van der Waals surface area contributed by atoms with Crippen LogP contribution in [-0.2, 0) is 4.79 Å². The van der Waals surface area contributed by atoms with Crippen LogP contribution in [0.25, 0.3) is 11.4 Å². The van der Waals surface area contributed by atoms with E-state index >= 15 is 0 Å². The molecule has 0 saturated heterocycles. The molecule has 0 atom stereocenters. The number of aromatic nitrogens is 2. The number of thioether (sulfide) groups is 1. The summed E-state index contributed by atoms with van der Waals surface area (Å²) in [5.41, 5.74) is 4.07. The van der Waals surface area contributed by atoms with Gasteiger partial charge in [-0.05, 0) is 42.6 Å². The molecular weight excluding hydrogens is 338 g/mol. The number of para-hydroxylation sites is 1. The number of amides is 1. The van der Waals surface area contributed by atoms with E-state index in [4.69, 9.17) is 0 Å². The van der Waals surface area contributed by atoms with Crippen molar-refractivity contribution in [1.82, 2.24) is 9.36 Å². The molecule has 6 heteroatoms. The molecule has 3 aromatic rings. The molecule has 1 aromatic heterocycles. The van der Waals surface area contributed by atoms with Crippen LogP contribution in [0.15, 0.2) is 52.9 Å². The summed E-state index contributed by atoms with van der Waals surface area (Å²) in [7, 11) is 0. The lowest BCUT2D eigenvalue weighted by Gasteiger charge is -2.06. The van der Waals surface area contributed by atoms with E-state index < -0.39 is 0 Å². The van der Waals surface area contributed by atoms with E-state index in [1.165, 1.54) is 23.3 Å². The molecule has 122 valence electrons. The predicted octanol–water partition coefficient (Wildman–Crippen LogP) is 4.55. The zero-order chi connectivity index (χ0) is 16.9. The maximum Gasteiger partial charge on any atom is 0.234 e. The zero-order valence-electron chi connectivity index (χ0n) is 13.4. The first-order chi connectivity index (χ1) is 11.6. The average Bonchev–Trinajstić information content (AvgIpc) is 3.04. The molecule has 2 aromatic carbocycles. The minimum absolute atomic E-state index is 0.0399. The van der Waals surface area contributed by atoms with Crippen LogP contribution in [0.3, 0.4) is 0 Å². The van der Waals surface area contributed by atoms with Gasteiger partial charge in [0.05, 0.1) is 5.75 Å². The van der Waals surface area contributed by atoms with Crippen LogP contribution in [0.1, 0.15) is 11.1 Å². The van der Waals surface area contributed by atoms with Crippen molar-refractivity contribution in [3.05, 3.63) is 59.7 Å². The maximum atomic E-state index is 12.1. The second-order valence-corrected chi connectivity index (χ2v) is 7.32. The third-order valence-corrected chi connectivity index (χ3v) is 5.37. The number of rotatable bonds is 5. The molecule has 0 spiro atoms. The van der Waals surface area contributed by atoms with E-state index in [1.54, 1.807) is 0 Å². The first-order valence-electron chi connectivity index (χ1n) is 7.51. The molecular formula is C18H17N3OS2. The summed E-state index contributed by atoms with van der Waals surface area (Å²) >= 11 is 2.73. The summed E-state index contributed by atoms with van der Waals surface area (Å²) in [5.74, 6) is 0.998. The second kappa shape index (κ2) is 7.59. The highest BCUT2D eigenvalue weighted by atomic mass is 32.2. The summed E-state index contributed by atoms with van der Waals surface area (Å²) in [4.78, 5) is 16.6. The Morgan fingerprint density at radius 1 is 1.08 bits per heavy atom. The van der Waals surface area contributed by atoms with E-state index in [2.05, 4.69) is 14.7 Å². The molecule has 0 unspecified atom stereocenters. The van der Waals surface area contributed by atoms with Gasteiger partial charge in [-0.3, -0.25) is 4.79 Å². The lowest BCUT2D eigenvalue weighted by molar-refractivity contribution is -0.113. The van der Waals surface area contributed by atoms with Crippen molar-refractivity contribution < 1.29 is 4.79 Å². The van der Waals surface area contributed by atoms with E-state index in [9.17, 15) is 4.79 Å². The molecule has 0 saturated carbocycles. The van der Waals surface area contributed by atoms with Gasteiger partial charge in [0.1, 0.15) is 0 Å². The molecule has 0 aliphatic heterocycles. The SMILES string of the molecule is Cc1ccccc1NC(=O)CSc1nc(-c2ccccc2C)ns1. The molecule has 24 heavy (non-hydrogen) atoms. The van der Waals surface area contributed by atoms with Crippen LogP contribution in [0.2, 0.25) is 0 Å². The fourth-order valence-corrected chi connectivity index (χ4v) is 3.64. The fraction of sp³-hybridized carbons (Fsp3) is 0.167. The summed E-state index contributed by atoms with van der Waals surface area (Å²) in [5, 5.41) is 2.92. The van der Waals surface area contributed by atoms with Crippen molar-refractivity contribution in [2.24, 2.45) is 0 Å². The maximum absolute atomic E-state index is 12.1. The Hall–Kier alpha value is -2.18. The van der Waals surface area contributed by atoms with Crippen LogP contribution < -0.4 is 5.32 Å². The molecule has 3 rings (SSSR count). The number of carbonyl (C=O) groups is 1. The Morgan fingerprint density at radius 3 is 2.54 bits per heavy atom. The molecule has 1 N–H and O–H groups in total. The number of aryl methyl sites for hydroxylation is 2. The van der Waals surface area contributed by atoms with Crippen molar-refractivity contribution in [1.29, 1.82) is 0 Å². The van der Waals surface area contributed by atoms with Crippen molar-refractivity contribution >= 4 is 34.9 Å². The first-order valence-corrected chi connectivity index (χ1v) is 9.27. The van der Waals surface area contributed by atoms with Crippen LogP contribution in [0.4, 0.5) is 5.69 Å². The minimum Gasteiger partial charge on any atom is -0.325 e. The topological polar surface area (TPSA) is 54.9 Å². The summed E-state index contributed by atoms with van der Waals surface area (Å²) in [6.07, 6.45) is 0. The highest BCUT2D eigenvalue weighted by molar-refractivity contribution is 8.01. The van der Waals surface area contributed by atoms with E-state index in [1.807, 2.05) is 62.4 Å². The van der Waals surface area contributed by atoms with Gasteiger partial charge in [0.2, 0.25) is 5.91 Å². The van der Waals surface area contributed by atoms with Gasteiger partial charge in [-0.15, -0.1) is 0 Å². The zero-order valence-corrected chi connectivity index (χ0v) is 15.1. The Balaban J connectivity index is 1.61. The van der Waals surface area contributed by atoms with Gasteiger partial charge in [0, 0.05) is 11.3 Å². The van der Waals surface area contributed by atoms with Crippen LogP contribution in [0.5, 0.6) is 0 Å². The molecule has 4 nitrogen and oxygen atoms in total. The van der Waals surface area contributed by atoms with Gasteiger partial charge >= 0.3 is 0 Å². The van der Waals surface area contributed by atoms with Crippen molar-refractivity contribution in [3.8, 4) is 11.4 Å². The van der Waals surface area contributed by atoms with E-state index in [0.29, 0.717) is 5.75 Å². The van der Waals surface area contributed by atoms with Gasteiger partial charge in [-0.25, -0.2) is 4.98 Å². The molecule has 0 aliphatic carbocycles. The molecule has 0 fully saturated rings. The number of hydrogen-bond donors (Lipinski definition) is 1. The largest absolute Gasteiger partial charge is 0.325 e. The molecule has 1 heterocycles. The fourth-order valence-electron chi connectivity index (χ4n) is 2.23. The van der Waals surface area contributed by atoms with Gasteiger partial charge in [0.25, 0.3) is 0 Å². The second-order valence-electron chi connectivity index (χ2n) is 5.35. The van der Waals surface area contributed by atoms with Gasteiger partial charge in [-0.2, -0.15) is 4.37 Å². The molecule has 0 bridgehead atoms. The monoisotopic (exact) mass is 355 g/mol. The molecule has 1 amide bonds. The Bertz CT molecular complexity index is 861. The third kappa shape index (κ3) is 4.01. The van der Waals surface area contributed by atoms with Crippen molar-refractivity contribution in [2.75, 3.05) is 11.1 Å². The number of hydrogen-bond acceptors (Lipinski definition) is 5. The number of nitrogens with one attached hydrogen (secondary N) is 1. The van der Waals surface area contributed by atoms with Crippen LogP contribution >= 0.6 is 23.3 Å². The summed E-state index contributed by atoms with van der Waals surface area (Å²) in [6, 6.07) is 15.8.